The lowest BCUT2D eigenvalue weighted by molar-refractivity contribution is 1.06. The van der Waals surface area contributed by atoms with Crippen molar-refractivity contribution < 1.29 is 0 Å². The topological polar surface area (TPSA) is 158 Å². The van der Waals surface area contributed by atoms with Gasteiger partial charge in [0.05, 0.1) is 94.0 Å². The fourth-order valence-electron chi connectivity index (χ4n) is 23.3. The smallest absolute Gasteiger partial charge is 0.167 e. The summed E-state index contributed by atoms with van der Waals surface area (Å²) >= 11 is 0. The van der Waals surface area contributed by atoms with E-state index in [1.807, 2.05) is 122 Å². The van der Waals surface area contributed by atoms with Crippen LogP contribution < -0.4 is 0 Å². The summed E-state index contributed by atoms with van der Waals surface area (Å²) in [6.45, 7) is 0. The second-order valence-electron chi connectivity index (χ2n) is 37.3. The average molecular weight is 1840 g/mol. The number of nitrogens with zero attached hydrogens (tertiary/aromatic N) is 16. The molecule has 33 rings (SSSR count). The highest BCUT2D eigenvalue weighted by Crippen LogP contribution is 2.54. The second kappa shape index (κ2) is 30.8. The molecule has 0 unspecified atom stereocenters. The van der Waals surface area contributed by atoms with E-state index in [0.29, 0.717) is 0 Å². The minimum Gasteiger partial charge on any atom is -0.309 e. The van der Waals surface area contributed by atoms with E-state index in [2.05, 4.69) is 355 Å². The normalized spacial score (nSPS) is 12.2. The fourth-order valence-corrected chi connectivity index (χ4v) is 23.3. The Morgan fingerprint density at radius 2 is 0.458 bits per heavy atom. The molecule has 0 saturated carbocycles. The van der Waals surface area contributed by atoms with Crippen LogP contribution in [-0.4, -0.2) is 77.2 Å². The zero-order valence-electron chi connectivity index (χ0n) is 76.9. The molecule has 17 aromatic carbocycles. The van der Waals surface area contributed by atoms with Gasteiger partial charge in [0.1, 0.15) is 34.1 Å². The Kier molecular flexibility index (Phi) is 17.0. The Morgan fingerprint density at radius 1 is 0.146 bits per heavy atom. The van der Waals surface area contributed by atoms with Crippen molar-refractivity contribution >= 4 is 164 Å². The van der Waals surface area contributed by atoms with Crippen LogP contribution in [0.15, 0.2) is 449 Å². The van der Waals surface area contributed by atoms with Crippen LogP contribution in [0.2, 0.25) is 0 Å². The molecule has 3 aliphatic rings. The van der Waals surface area contributed by atoms with Crippen molar-refractivity contribution in [2.45, 2.75) is 0 Å². The van der Waals surface area contributed by atoms with Gasteiger partial charge in [-0.25, -0.2) is 39.9 Å². The largest absolute Gasteiger partial charge is 0.309 e. The molecule has 0 spiro atoms. The van der Waals surface area contributed by atoms with Crippen molar-refractivity contribution in [2.24, 2.45) is 0 Å². The molecule has 3 aliphatic heterocycles. The Balaban J connectivity index is 0.0000000986. The summed E-state index contributed by atoms with van der Waals surface area (Å²) in [6.07, 6.45) is 7.45. The third kappa shape index (κ3) is 11.7. The number of fused-ring (bicyclic) bond motifs is 36. The van der Waals surface area contributed by atoms with E-state index in [1.54, 1.807) is 0 Å². The molecule has 0 N–H and O–H groups in total. The zero-order chi connectivity index (χ0) is 94.0. The Hall–Kier alpha value is -19.8. The molecule has 13 aromatic heterocycles. The molecule has 0 radical (unpaired) electrons. The van der Waals surface area contributed by atoms with Crippen molar-refractivity contribution in [1.82, 2.24) is 77.2 Å². The second-order valence-corrected chi connectivity index (χ2v) is 37.3. The van der Waals surface area contributed by atoms with Crippen LogP contribution in [0.1, 0.15) is 0 Å². The van der Waals surface area contributed by atoms with Gasteiger partial charge < -0.3 is 13.7 Å². The number of hydrogen-bond donors (Lipinski definition) is 0. The lowest BCUT2D eigenvalue weighted by Crippen LogP contribution is -2.03. The van der Waals surface area contributed by atoms with E-state index in [9.17, 15) is 0 Å². The van der Waals surface area contributed by atoms with Gasteiger partial charge in [-0.15, -0.1) is 0 Å². The van der Waals surface area contributed by atoms with Gasteiger partial charge in [0, 0.05) is 140 Å². The van der Waals surface area contributed by atoms with Crippen LogP contribution in [0.4, 0.5) is 0 Å². The number of hydrogen-bond acceptors (Lipinski definition) is 10. The molecule has 666 valence electrons. The van der Waals surface area contributed by atoms with Crippen LogP contribution in [0.5, 0.6) is 0 Å². The number of aromatic nitrogens is 16. The van der Waals surface area contributed by atoms with Gasteiger partial charge >= 0.3 is 0 Å². The van der Waals surface area contributed by atoms with Gasteiger partial charge in [0.2, 0.25) is 0 Å². The van der Waals surface area contributed by atoms with Crippen molar-refractivity contribution in [1.29, 1.82) is 0 Å². The maximum absolute atomic E-state index is 5.26. The predicted octanol–water partition coefficient (Wildman–Crippen LogP) is 31.0. The summed E-state index contributed by atoms with van der Waals surface area (Å²) in [6, 6.07) is 151. The van der Waals surface area contributed by atoms with Gasteiger partial charge in [0.15, 0.2) is 17.5 Å². The van der Waals surface area contributed by atoms with Crippen LogP contribution in [0.25, 0.3) is 300 Å². The van der Waals surface area contributed by atoms with E-state index in [4.69, 9.17) is 49.8 Å². The molecular formula is C128H74N16. The lowest BCUT2D eigenvalue weighted by Gasteiger charge is -2.12. The molecule has 0 bridgehead atoms. The van der Waals surface area contributed by atoms with E-state index in [0.717, 1.165) is 223 Å². The lowest BCUT2D eigenvalue weighted by atomic mass is 9.92. The summed E-state index contributed by atoms with van der Waals surface area (Å²) in [7, 11) is 0. The molecule has 16 heterocycles. The van der Waals surface area contributed by atoms with Crippen LogP contribution in [0.3, 0.4) is 0 Å². The Labute approximate surface area is 820 Å². The molecular weight excluding hydrogens is 1760 g/mol. The predicted molar refractivity (Wildman–Crippen MR) is 585 cm³/mol. The maximum atomic E-state index is 5.26. The number of para-hydroxylation sites is 13. The van der Waals surface area contributed by atoms with Gasteiger partial charge in [-0.2, -0.15) is 0 Å². The van der Waals surface area contributed by atoms with Crippen molar-refractivity contribution in [3.05, 3.63) is 449 Å². The van der Waals surface area contributed by atoms with Gasteiger partial charge in [-0.05, 0) is 245 Å². The molecule has 16 heteroatoms. The highest BCUT2D eigenvalue weighted by atomic mass is 15.2. The van der Waals surface area contributed by atoms with E-state index >= 15 is 0 Å². The first-order chi connectivity index (χ1) is 71.4. The monoisotopic (exact) mass is 1830 g/mol. The van der Waals surface area contributed by atoms with E-state index in [-0.39, 0.29) is 0 Å². The van der Waals surface area contributed by atoms with Gasteiger partial charge in [-0.1, -0.05) is 218 Å². The molecule has 0 amide bonds. The Bertz CT molecular complexity index is 10400. The molecule has 0 aliphatic carbocycles. The highest BCUT2D eigenvalue weighted by Gasteiger charge is 2.35. The molecule has 144 heavy (non-hydrogen) atoms. The van der Waals surface area contributed by atoms with Crippen LogP contribution in [0, 0.1) is 0 Å². The maximum Gasteiger partial charge on any atom is 0.167 e. The van der Waals surface area contributed by atoms with Crippen LogP contribution >= 0.6 is 0 Å². The summed E-state index contributed by atoms with van der Waals surface area (Å²) in [5, 5.41) is 14.2. The fraction of sp³-hybridized carbons (Fsp3) is 0. The molecule has 16 nitrogen and oxygen atoms in total. The average Bonchev–Trinajstić information content (AvgIpc) is 1.55. The molecule has 30 aromatic rings. The minimum atomic E-state index is 0.744. The summed E-state index contributed by atoms with van der Waals surface area (Å²) in [4.78, 5) is 51.2. The Morgan fingerprint density at radius 3 is 0.972 bits per heavy atom. The molecule has 0 saturated heterocycles. The van der Waals surface area contributed by atoms with Crippen molar-refractivity contribution in [3.8, 4) is 135 Å². The third-order valence-electron chi connectivity index (χ3n) is 29.5. The quantitative estimate of drug-likeness (QED) is 0.157. The first-order valence-corrected chi connectivity index (χ1v) is 48.5. The van der Waals surface area contributed by atoms with E-state index in [1.165, 1.54) is 76.2 Å². The minimum absolute atomic E-state index is 0.744. The van der Waals surface area contributed by atoms with Crippen molar-refractivity contribution in [2.75, 3.05) is 0 Å². The van der Waals surface area contributed by atoms with Gasteiger partial charge in [0.25, 0.3) is 0 Å². The van der Waals surface area contributed by atoms with E-state index < -0.39 is 0 Å². The van der Waals surface area contributed by atoms with Crippen molar-refractivity contribution in [3.63, 3.8) is 0 Å². The molecule has 0 atom stereocenters. The summed E-state index contributed by atoms with van der Waals surface area (Å²) in [5.74, 6) is 2.38. The SMILES string of the molecule is c1ccc(-n2c3ccccc3c3cc(-c4cc5c6c(c4)c4ccccc4n6-c4nc6ccccc6nc4-c4cccnc4-5)ccc32)cc1.c1ccc(-n2c3ccccc3c3cc(-c4cc5c6c(c4)c4cccnc4n6-c4nc6ccccc6nc4-c4ncccc4-5)ccc32)cc1.c1ccc(-n2c3ccccc3c3ccc(-c4cc5c6c(c4)c4cccnc4n6-c4nc6ccccc6nc4-c4ccccc4-5)cc32)cc1. The third-order valence-corrected chi connectivity index (χ3v) is 29.5. The first-order valence-electron chi connectivity index (χ1n) is 48.5. The summed E-state index contributed by atoms with van der Waals surface area (Å²) in [5.41, 5.74) is 40.4. The highest BCUT2D eigenvalue weighted by molar-refractivity contribution is 6.22. The number of benzene rings is 17. The summed E-state index contributed by atoms with van der Waals surface area (Å²) < 4.78 is 13.8. The standard InChI is InChI=1S/2C43H25N5.C42H24N6/c1-2-11-28(12-3-1)47-37-18-8-4-13-29(37)32-23-26(20-21-39(32)47)27-24-33-30-14-5-9-19-38(30)48-42(33)34(25-27)40-31(15-10-22-44-40)41-43(48)46-36-17-7-6-16-35(36)45-41;1-2-11-28(12-3-1)47-38-19-9-6-14-30(38)31-21-20-26(25-39(31)47)27-23-34-29-13-4-5-15-32(29)40-43(46-37-18-8-7-17-36(37)45-40)48-41(34)35(24-27)33-16-10-22-44-42(33)48;1-2-10-27(11-3-1)47-36-17-7-4-12-28(36)31-22-25(18-19-37(31)47)26-23-32-29-13-8-20-43-38(29)39-42(46-35-16-6-5-15-34(35)45-39)48-40(32)33(24-26)30-14-9-21-44-41(30)48/h2*1-25H;1-24H. The first kappa shape index (κ1) is 79.2. The van der Waals surface area contributed by atoms with Gasteiger partial charge in [-0.3, -0.25) is 23.7 Å². The van der Waals surface area contributed by atoms with Crippen LogP contribution in [-0.2, 0) is 0 Å². The number of pyridine rings is 4. The zero-order valence-corrected chi connectivity index (χ0v) is 76.9. The molecule has 0 fully saturated rings. The number of rotatable bonds is 6.